The van der Waals surface area contributed by atoms with E-state index >= 15 is 0 Å². The summed E-state index contributed by atoms with van der Waals surface area (Å²) in [6.07, 6.45) is 3.24. The predicted octanol–water partition coefficient (Wildman–Crippen LogP) is 2.16. The van der Waals surface area contributed by atoms with Crippen LogP contribution in [0.2, 0.25) is 0 Å². The number of sulfone groups is 1. The molecule has 1 aliphatic rings. The second-order valence-corrected chi connectivity index (χ2v) is 9.49. The summed E-state index contributed by atoms with van der Waals surface area (Å²) in [6, 6.07) is 0.173. The summed E-state index contributed by atoms with van der Waals surface area (Å²) >= 11 is 0. The monoisotopic (exact) mass is 318 g/mol. The minimum atomic E-state index is -2.77. The van der Waals surface area contributed by atoms with Crippen molar-refractivity contribution in [3.8, 4) is 0 Å². The molecular formula is C16H34N2O2S. The van der Waals surface area contributed by atoms with Gasteiger partial charge in [0.15, 0.2) is 9.84 Å². The Labute approximate surface area is 131 Å². The Morgan fingerprint density at radius 2 is 1.62 bits per heavy atom. The molecule has 0 amide bonds. The SMILES string of the molecule is CC(C)CCN(CCNC1CCS(=O)(=O)C1)CCC(C)C. The van der Waals surface area contributed by atoms with E-state index in [2.05, 4.69) is 37.9 Å². The van der Waals surface area contributed by atoms with Crippen LogP contribution in [0.15, 0.2) is 0 Å². The number of hydrogen-bond donors (Lipinski definition) is 1. The summed E-state index contributed by atoms with van der Waals surface area (Å²) in [5, 5.41) is 3.42. The molecule has 5 heteroatoms. The zero-order valence-electron chi connectivity index (χ0n) is 14.3. The molecule has 1 rings (SSSR count). The summed E-state index contributed by atoms with van der Waals surface area (Å²) in [7, 11) is -2.77. The molecule has 0 radical (unpaired) electrons. The highest BCUT2D eigenvalue weighted by Crippen LogP contribution is 2.11. The van der Waals surface area contributed by atoms with Crippen LogP contribution < -0.4 is 5.32 Å². The van der Waals surface area contributed by atoms with Crippen molar-refractivity contribution in [2.75, 3.05) is 37.7 Å². The predicted molar refractivity (Wildman–Crippen MR) is 90.4 cm³/mol. The van der Waals surface area contributed by atoms with Crippen LogP contribution in [0.25, 0.3) is 0 Å². The van der Waals surface area contributed by atoms with Crippen LogP contribution in [0.4, 0.5) is 0 Å². The lowest BCUT2D eigenvalue weighted by Crippen LogP contribution is -2.39. The van der Waals surface area contributed by atoms with E-state index in [-0.39, 0.29) is 6.04 Å². The molecule has 126 valence electrons. The maximum Gasteiger partial charge on any atom is 0.151 e. The first-order chi connectivity index (χ1) is 9.78. The van der Waals surface area contributed by atoms with Crippen LogP contribution in [0.5, 0.6) is 0 Å². The standard InChI is InChI=1S/C16H34N2O2S/c1-14(2)5-9-18(10-6-15(3)4)11-8-17-16-7-12-21(19,20)13-16/h14-17H,5-13H2,1-4H3. The third-order valence-electron chi connectivity index (χ3n) is 4.14. The fourth-order valence-electron chi connectivity index (χ4n) is 2.60. The van der Waals surface area contributed by atoms with Gasteiger partial charge in [-0.1, -0.05) is 27.7 Å². The quantitative estimate of drug-likeness (QED) is 0.670. The summed E-state index contributed by atoms with van der Waals surface area (Å²) in [4.78, 5) is 2.52. The van der Waals surface area contributed by atoms with Gasteiger partial charge in [0.1, 0.15) is 0 Å². The van der Waals surface area contributed by atoms with E-state index in [9.17, 15) is 8.42 Å². The smallest absolute Gasteiger partial charge is 0.151 e. The Hall–Kier alpha value is -0.130. The second kappa shape index (κ2) is 9.11. The van der Waals surface area contributed by atoms with Crippen LogP contribution in [0.1, 0.15) is 47.0 Å². The number of nitrogens with one attached hydrogen (secondary N) is 1. The summed E-state index contributed by atoms with van der Waals surface area (Å²) in [6.45, 7) is 13.3. The van der Waals surface area contributed by atoms with Gasteiger partial charge in [0.2, 0.25) is 0 Å². The van der Waals surface area contributed by atoms with Crippen molar-refractivity contribution in [2.24, 2.45) is 11.8 Å². The minimum Gasteiger partial charge on any atom is -0.312 e. The summed E-state index contributed by atoms with van der Waals surface area (Å²) < 4.78 is 22.9. The summed E-state index contributed by atoms with van der Waals surface area (Å²) in [5.74, 6) is 2.15. The van der Waals surface area contributed by atoms with Gasteiger partial charge < -0.3 is 10.2 Å². The molecule has 1 aliphatic heterocycles. The average Bonchev–Trinajstić information content (AvgIpc) is 2.71. The molecule has 21 heavy (non-hydrogen) atoms. The molecule has 1 N–H and O–H groups in total. The van der Waals surface area contributed by atoms with Gasteiger partial charge in [0.25, 0.3) is 0 Å². The third kappa shape index (κ3) is 8.79. The van der Waals surface area contributed by atoms with Crippen molar-refractivity contribution in [3.05, 3.63) is 0 Å². The highest BCUT2D eigenvalue weighted by atomic mass is 32.2. The van der Waals surface area contributed by atoms with E-state index in [1.807, 2.05) is 0 Å². The van der Waals surface area contributed by atoms with Gasteiger partial charge in [-0.05, 0) is 44.2 Å². The van der Waals surface area contributed by atoms with Crippen molar-refractivity contribution in [2.45, 2.75) is 53.0 Å². The molecule has 0 aromatic carbocycles. The van der Waals surface area contributed by atoms with Gasteiger partial charge in [0.05, 0.1) is 11.5 Å². The van der Waals surface area contributed by atoms with E-state index in [1.54, 1.807) is 0 Å². The Kier molecular flexibility index (Phi) is 8.21. The van der Waals surface area contributed by atoms with Crippen molar-refractivity contribution in [1.29, 1.82) is 0 Å². The third-order valence-corrected chi connectivity index (χ3v) is 5.91. The lowest BCUT2D eigenvalue weighted by atomic mass is 10.1. The fourth-order valence-corrected chi connectivity index (χ4v) is 4.31. The van der Waals surface area contributed by atoms with Gasteiger partial charge in [-0.15, -0.1) is 0 Å². The highest BCUT2D eigenvalue weighted by Gasteiger charge is 2.27. The molecule has 0 bridgehead atoms. The first kappa shape index (κ1) is 18.9. The molecule has 0 saturated carbocycles. The molecule has 0 aromatic rings. The fraction of sp³-hybridized carbons (Fsp3) is 1.00. The first-order valence-electron chi connectivity index (χ1n) is 8.44. The second-order valence-electron chi connectivity index (χ2n) is 7.26. The summed E-state index contributed by atoms with van der Waals surface area (Å²) in [5.41, 5.74) is 0. The van der Waals surface area contributed by atoms with Crippen molar-refractivity contribution < 1.29 is 8.42 Å². The minimum absolute atomic E-state index is 0.173. The number of rotatable bonds is 10. The van der Waals surface area contributed by atoms with Crippen molar-refractivity contribution in [1.82, 2.24) is 10.2 Å². The van der Waals surface area contributed by atoms with E-state index < -0.39 is 9.84 Å². The normalized spacial score (nSPS) is 21.8. The molecule has 1 unspecified atom stereocenters. The van der Waals surface area contributed by atoms with Gasteiger partial charge in [-0.3, -0.25) is 0 Å². The molecule has 0 aliphatic carbocycles. The molecule has 1 fully saturated rings. The number of nitrogens with zero attached hydrogens (tertiary/aromatic N) is 1. The Morgan fingerprint density at radius 3 is 2.05 bits per heavy atom. The lowest BCUT2D eigenvalue weighted by Gasteiger charge is -2.25. The average molecular weight is 319 g/mol. The van der Waals surface area contributed by atoms with Gasteiger partial charge >= 0.3 is 0 Å². The molecule has 4 nitrogen and oxygen atoms in total. The zero-order valence-corrected chi connectivity index (χ0v) is 15.1. The van der Waals surface area contributed by atoms with Crippen LogP contribution in [0.3, 0.4) is 0 Å². The Bertz CT molecular complexity index is 368. The molecule has 0 spiro atoms. The Balaban J connectivity index is 2.27. The van der Waals surface area contributed by atoms with E-state index in [0.717, 1.165) is 44.4 Å². The molecule has 1 heterocycles. The molecule has 1 atom stereocenters. The molecule has 1 saturated heterocycles. The van der Waals surface area contributed by atoms with Crippen molar-refractivity contribution in [3.63, 3.8) is 0 Å². The maximum absolute atomic E-state index is 11.4. The van der Waals surface area contributed by atoms with E-state index in [1.165, 1.54) is 12.8 Å². The van der Waals surface area contributed by atoms with Crippen LogP contribution in [0, 0.1) is 11.8 Å². The van der Waals surface area contributed by atoms with Gasteiger partial charge in [0, 0.05) is 19.1 Å². The van der Waals surface area contributed by atoms with E-state index in [0.29, 0.717) is 11.5 Å². The lowest BCUT2D eigenvalue weighted by molar-refractivity contribution is 0.241. The number of hydrogen-bond acceptors (Lipinski definition) is 4. The van der Waals surface area contributed by atoms with Crippen molar-refractivity contribution >= 4 is 9.84 Å². The van der Waals surface area contributed by atoms with E-state index in [4.69, 9.17) is 0 Å². The largest absolute Gasteiger partial charge is 0.312 e. The van der Waals surface area contributed by atoms with Gasteiger partial charge in [-0.25, -0.2) is 8.42 Å². The first-order valence-corrected chi connectivity index (χ1v) is 10.3. The maximum atomic E-state index is 11.4. The zero-order chi connectivity index (χ0) is 15.9. The highest BCUT2D eigenvalue weighted by molar-refractivity contribution is 7.91. The topological polar surface area (TPSA) is 49.4 Å². The molecular weight excluding hydrogens is 284 g/mol. The van der Waals surface area contributed by atoms with Gasteiger partial charge in [-0.2, -0.15) is 0 Å². The van der Waals surface area contributed by atoms with Crippen LogP contribution >= 0.6 is 0 Å². The van der Waals surface area contributed by atoms with Crippen LogP contribution in [-0.4, -0.2) is 57.0 Å². The Morgan fingerprint density at radius 1 is 1.05 bits per heavy atom. The molecule has 0 aromatic heterocycles. The van der Waals surface area contributed by atoms with Crippen LogP contribution in [-0.2, 0) is 9.84 Å².